The minimum atomic E-state index is 0.0612. The molecule has 0 bridgehead atoms. The maximum Gasteiger partial charge on any atom is 0.216 e. The number of rotatable bonds is 4. The zero-order chi connectivity index (χ0) is 10.4. The summed E-state index contributed by atoms with van der Waals surface area (Å²) in [6, 6.07) is 0. The lowest BCUT2D eigenvalue weighted by molar-refractivity contribution is -0.119. The van der Waals surface area contributed by atoms with E-state index in [0.717, 1.165) is 13.2 Å². The van der Waals surface area contributed by atoms with E-state index >= 15 is 0 Å². The van der Waals surface area contributed by atoms with Crippen LogP contribution in [0.3, 0.4) is 0 Å². The maximum absolute atomic E-state index is 10.9. The van der Waals surface area contributed by atoms with Gasteiger partial charge in [-0.15, -0.1) is 0 Å². The van der Waals surface area contributed by atoms with Crippen LogP contribution in [0, 0.1) is 5.41 Å². The first-order chi connectivity index (χ1) is 6.68. The number of hydrogen-bond donors (Lipinski definition) is 1. The number of carbonyl (C=O) groups is 1. The van der Waals surface area contributed by atoms with Crippen molar-refractivity contribution in [1.29, 1.82) is 0 Å². The summed E-state index contributed by atoms with van der Waals surface area (Å²) < 4.78 is 5.27. The largest absolute Gasteiger partial charge is 0.384 e. The molecule has 1 rings (SSSR count). The average Bonchev–Trinajstić information content (AvgIpc) is 2.17. The lowest BCUT2D eigenvalue weighted by Gasteiger charge is -2.36. The number of ether oxygens (including phenoxy) is 1. The monoisotopic (exact) mass is 199 g/mol. The molecule has 1 saturated carbocycles. The summed E-state index contributed by atoms with van der Waals surface area (Å²) in [4.78, 5) is 10.9. The van der Waals surface area contributed by atoms with Gasteiger partial charge in [0.25, 0.3) is 0 Å². The van der Waals surface area contributed by atoms with E-state index in [-0.39, 0.29) is 11.3 Å². The zero-order valence-corrected chi connectivity index (χ0v) is 9.27. The fourth-order valence-electron chi connectivity index (χ4n) is 2.29. The fraction of sp³-hybridized carbons (Fsp3) is 0.909. The molecular weight excluding hydrogens is 178 g/mol. The third-order valence-corrected chi connectivity index (χ3v) is 3.08. The van der Waals surface area contributed by atoms with Gasteiger partial charge in [0.1, 0.15) is 0 Å². The highest BCUT2D eigenvalue weighted by atomic mass is 16.5. The van der Waals surface area contributed by atoms with Gasteiger partial charge >= 0.3 is 0 Å². The van der Waals surface area contributed by atoms with Crippen LogP contribution in [0.15, 0.2) is 0 Å². The van der Waals surface area contributed by atoms with Crippen molar-refractivity contribution in [1.82, 2.24) is 5.32 Å². The first-order valence-corrected chi connectivity index (χ1v) is 5.42. The third kappa shape index (κ3) is 3.29. The molecule has 1 aliphatic carbocycles. The molecule has 0 aliphatic heterocycles. The summed E-state index contributed by atoms with van der Waals surface area (Å²) >= 11 is 0. The fourth-order valence-corrected chi connectivity index (χ4v) is 2.29. The van der Waals surface area contributed by atoms with Crippen molar-refractivity contribution in [3.05, 3.63) is 0 Å². The number of hydrogen-bond acceptors (Lipinski definition) is 2. The van der Waals surface area contributed by atoms with E-state index < -0.39 is 0 Å². The van der Waals surface area contributed by atoms with E-state index in [1.807, 2.05) is 0 Å². The van der Waals surface area contributed by atoms with Crippen molar-refractivity contribution in [3.63, 3.8) is 0 Å². The van der Waals surface area contributed by atoms with E-state index in [0.29, 0.717) is 0 Å². The van der Waals surface area contributed by atoms with Crippen molar-refractivity contribution in [3.8, 4) is 0 Å². The second-order valence-electron chi connectivity index (χ2n) is 4.40. The van der Waals surface area contributed by atoms with E-state index in [9.17, 15) is 4.79 Å². The summed E-state index contributed by atoms with van der Waals surface area (Å²) in [5.74, 6) is 0.0612. The quantitative estimate of drug-likeness (QED) is 0.748. The predicted octanol–water partition coefficient (Wildman–Crippen LogP) is 1.72. The molecule has 3 nitrogen and oxygen atoms in total. The van der Waals surface area contributed by atoms with Gasteiger partial charge < -0.3 is 10.1 Å². The highest BCUT2D eigenvalue weighted by Crippen LogP contribution is 2.35. The minimum absolute atomic E-state index is 0.0612. The molecule has 0 aromatic carbocycles. The standard InChI is InChI=1S/C11H21NO2/c1-10(13)12-8-11(9-14-2)6-4-3-5-7-11/h3-9H2,1-2H3,(H,12,13). The van der Waals surface area contributed by atoms with Gasteiger partial charge in [-0.25, -0.2) is 0 Å². The van der Waals surface area contributed by atoms with Gasteiger partial charge in [0.15, 0.2) is 0 Å². The molecule has 0 atom stereocenters. The summed E-state index contributed by atoms with van der Waals surface area (Å²) in [6.45, 7) is 3.12. The van der Waals surface area contributed by atoms with Crippen molar-refractivity contribution in [2.45, 2.75) is 39.0 Å². The Morgan fingerprint density at radius 2 is 2.00 bits per heavy atom. The van der Waals surface area contributed by atoms with Crippen LogP contribution in [0.5, 0.6) is 0 Å². The first-order valence-electron chi connectivity index (χ1n) is 5.42. The summed E-state index contributed by atoms with van der Waals surface area (Å²) in [5, 5.41) is 2.92. The molecule has 14 heavy (non-hydrogen) atoms. The highest BCUT2D eigenvalue weighted by Gasteiger charge is 2.31. The molecule has 0 heterocycles. The van der Waals surface area contributed by atoms with Gasteiger partial charge in [0.05, 0.1) is 6.61 Å². The normalized spacial score (nSPS) is 20.4. The van der Waals surface area contributed by atoms with Crippen LogP contribution in [0.4, 0.5) is 0 Å². The lowest BCUT2D eigenvalue weighted by atomic mass is 9.74. The molecule has 1 amide bonds. The molecule has 1 fully saturated rings. The van der Waals surface area contributed by atoms with Crippen molar-refractivity contribution < 1.29 is 9.53 Å². The first kappa shape index (κ1) is 11.5. The molecule has 0 radical (unpaired) electrons. The Balaban J connectivity index is 2.46. The van der Waals surface area contributed by atoms with Crippen LogP contribution >= 0.6 is 0 Å². The Morgan fingerprint density at radius 1 is 1.36 bits per heavy atom. The van der Waals surface area contributed by atoms with Gasteiger partial charge in [-0.3, -0.25) is 4.79 Å². The zero-order valence-electron chi connectivity index (χ0n) is 9.27. The molecule has 82 valence electrons. The third-order valence-electron chi connectivity index (χ3n) is 3.08. The number of methoxy groups -OCH3 is 1. The summed E-state index contributed by atoms with van der Waals surface area (Å²) in [5.41, 5.74) is 0.207. The Kier molecular flexibility index (Phi) is 4.39. The molecule has 0 saturated heterocycles. The lowest BCUT2D eigenvalue weighted by Crippen LogP contribution is -2.41. The molecule has 0 unspecified atom stereocenters. The Morgan fingerprint density at radius 3 is 2.50 bits per heavy atom. The van der Waals surface area contributed by atoms with Gasteiger partial charge in [-0.05, 0) is 12.8 Å². The van der Waals surface area contributed by atoms with Crippen LogP contribution < -0.4 is 5.32 Å². The van der Waals surface area contributed by atoms with Crippen LogP contribution in [0.25, 0.3) is 0 Å². The van der Waals surface area contributed by atoms with Gasteiger partial charge in [-0.1, -0.05) is 19.3 Å². The van der Waals surface area contributed by atoms with Crippen molar-refractivity contribution >= 4 is 5.91 Å². The highest BCUT2D eigenvalue weighted by molar-refractivity contribution is 5.72. The molecular formula is C11H21NO2. The van der Waals surface area contributed by atoms with Crippen LogP contribution in [0.2, 0.25) is 0 Å². The van der Waals surface area contributed by atoms with Crippen LogP contribution in [-0.2, 0) is 9.53 Å². The van der Waals surface area contributed by atoms with Crippen LogP contribution in [-0.4, -0.2) is 26.2 Å². The molecule has 0 aromatic rings. The van der Waals surface area contributed by atoms with Gasteiger partial charge in [0, 0.05) is 26.0 Å². The van der Waals surface area contributed by atoms with E-state index in [1.165, 1.54) is 32.1 Å². The Hall–Kier alpha value is -0.570. The molecule has 0 aromatic heterocycles. The number of amides is 1. The topological polar surface area (TPSA) is 38.3 Å². The van der Waals surface area contributed by atoms with Crippen molar-refractivity contribution in [2.24, 2.45) is 5.41 Å². The number of carbonyl (C=O) groups excluding carboxylic acids is 1. The molecule has 3 heteroatoms. The molecule has 0 spiro atoms. The van der Waals surface area contributed by atoms with Gasteiger partial charge in [-0.2, -0.15) is 0 Å². The summed E-state index contributed by atoms with van der Waals surface area (Å²) in [6.07, 6.45) is 6.22. The van der Waals surface area contributed by atoms with Gasteiger partial charge in [0.2, 0.25) is 5.91 Å². The van der Waals surface area contributed by atoms with E-state index in [4.69, 9.17) is 4.74 Å². The Bertz CT molecular complexity index is 180. The van der Waals surface area contributed by atoms with E-state index in [1.54, 1.807) is 14.0 Å². The molecule has 1 N–H and O–H groups in total. The maximum atomic E-state index is 10.9. The average molecular weight is 199 g/mol. The second kappa shape index (κ2) is 5.35. The van der Waals surface area contributed by atoms with E-state index in [2.05, 4.69) is 5.32 Å². The smallest absolute Gasteiger partial charge is 0.216 e. The van der Waals surface area contributed by atoms with Crippen LogP contribution in [0.1, 0.15) is 39.0 Å². The van der Waals surface area contributed by atoms with Crippen molar-refractivity contribution in [2.75, 3.05) is 20.3 Å². The molecule has 1 aliphatic rings. The summed E-state index contributed by atoms with van der Waals surface area (Å²) in [7, 11) is 1.74. The minimum Gasteiger partial charge on any atom is -0.384 e. The number of nitrogens with one attached hydrogen (secondary N) is 1. The SMILES string of the molecule is COCC1(CNC(C)=O)CCCCC1. The second-order valence-corrected chi connectivity index (χ2v) is 4.40. The predicted molar refractivity (Wildman–Crippen MR) is 56.1 cm³/mol. The Labute approximate surface area is 86.2 Å².